The zero-order valence-corrected chi connectivity index (χ0v) is 22.8. The monoisotopic (exact) mass is 572 g/mol. The Kier molecular flexibility index (Phi) is 7.84. The van der Waals surface area contributed by atoms with Gasteiger partial charge in [-0.2, -0.15) is 4.31 Å². The number of fused-ring (bicyclic) bond motifs is 1. The lowest BCUT2D eigenvalue weighted by atomic mass is 9.91. The Morgan fingerprint density at radius 3 is 2.14 bits per heavy atom. The van der Waals surface area contributed by atoms with Crippen LogP contribution in [0.5, 0.6) is 0 Å². The minimum Gasteiger partial charge on any atom is -0.464 e. The molecule has 2 fully saturated rings. The van der Waals surface area contributed by atoms with Crippen molar-refractivity contribution >= 4 is 48.5 Å². The maximum Gasteiger partial charge on any atom is 0.243 e. The van der Waals surface area contributed by atoms with Crippen LogP contribution >= 0.6 is 15.9 Å². The third kappa shape index (κ3) is 5.55. The highest BCUT2D eigenvalue weighted by molar-refractivity contribution is 9.10. The molecule has 0 spiro atoms. The number of rotatable bonds is 7. The molecule has 2 aliphatic carbocycles. The van der Waals surface area contributed by atoms with E-state index in [0.717, 1.165) is 72.4 Å². The average molecular weight is 574 g/mol. The molecule has 2 aliphatic rings. The Balaban J connectivity index is 1.30. The fraction of sp³-hybridized carbons (Fsp3) is 0.464. The van der Waals surface area contributed by atoms with Gasteiger partial charge in [0, 0.05) is 33.2 Å². The van der Waals surface area contributed by atoms with E-state index >= 15 is 0 Å². The predicted octanol–water partition coefficient (Wildman–Crippen LogP) is 7.03. The summed E-state index contributed by atoms with van der Waals surface area (Å²) in [5.41, 5.74) is 2.12. The predicted molar refractivity (Wildman–Crippen MR) is 145 cm³/mol. The van der Waals surface area contributed by atoms with Gasteiger partial charge in [-0.25, -0.2) is 8.42 Å². The van der Waals surface area contributed by atoms with Crippen molar-refractivity contribution in [3.63, 3.8) is 0 Å². The lowest BCUT2D eigenvalue weighted by Crippen LogP contribution is -2.48. The largest absolute Gasteiger partial charge is 0.464 e. The summed E-state index contributed by atoms with van der Waals surface area (Å²) < 4.78 is 36.0. The third-order valence-corrected chi connectivity index (χ3v) is 10.1. The summed E-state index contributed by atoms with van der Waals surface area (Å²) in [7, 11) is -3.61. The number of sulfonamides is 1. The van der Waals surface area contributed by atoms with E-state index in [-0.39, 0.29) is 24.4 Å². The SMILES string of the molecule is O=C(Cc1coc2ccc(Br)cc12)Nc1ccc(S(=O)(=O)N(C2CCCCC2)C2CCCCC2)cc1. The van der Waals surface area contributed by atoms with Crippen LogP contribution in [-0.2, 0) is 21.2 Å². The standard InChI is InChI=1S/C28H33BrN2O4S/c29-21-11-16-27-26(18-21)20(19-35-27)17-28(32)30-22-12-14-25(15-13-22)36(33,34)31(23-7-3-1-4-8-23)24-9-5-2-6-10-24/h11-16,18-19,23-24H,1-10,17H2,(H,30,32). The van der Waals surface area contributed by atoms with E-state index in [9.17, 15) is 13.2 Å². The number of nitrogens with zero attached hydrogens (tertiary/aromatic N) is 1. The van der Waals surface area contributed by atoms with E-state index in [2.05, 4.69) is 21.2 Å². The summed E-state index contributed by atoms with van der Waals surface area (Å²) in [6.45, 7) is 0. The molecule has 8 heteroatoms. The molecule has 5 rings (SSSR count). The third-order valence-electron chi connectivity index (χ3n) is 7.55. The number of benzene rings is 2. The molecule has 0 aliphatic heterocycles. The Hall–Kier alpha value is -2.16. The first-order valence-corrected chi connectivity index (χ1v) is 15.2. The molecule has 1 heterocycles. The van der Waals surface area contributed by atoms with Gasteiger partial charge in [0.15, 0.2) is 0 Å². The van der Waals surface area contributed by atoms with Crippen LogP contribution in [0.1, 0.15) is 69.8 Å². The molecule has 36 heavy (non-hydrogen) atoms. The summed E-state index contributed by atoms with van der Waals surface area (Å²) in [5.74, 6) is -0.181. The van der Waals surface area contributed by atoms with Gasteiger partial charge < -0.3 is 9.73 Å². The summed E-state index contributed by atoms with van der Waals surface area (Å²) >= 11 is 3.46. The molecule has 6 nitrogen and oxygen atoms in total. The van der Waals surface area contributed by atoms with Crippen molar-refractivity contribution in [1.29, 1.82) is 0 Å². The van der Waals surface area contributed by atoms with Crippen LogP contribution in [-0.4, -0.2) is 30.7 Å². The molecule has 0 radical (unpaired) electrons. The molecule has 192 valence electrons. The summed E-state index contributed by atoms with van der Waals surface area (Å²) in [6.07, 6.45) is 12.3. The van der Waals surface area contributed by atoms with Crippen molar-refractivity contribution in [2.75, 3.05) is 5.32 Å². The van der Waals surface area contributed by atoms with Crippen LogP contribution in [0.2, 0.25) is 0 Å². The highest BCUT2D eigenvalue weighted by Gasteiger charge is 2.38. The van der Waals surface area contributed by atoms with Gasteiger partial charge in [-0.1, -0.05) is 54.5 Å². The Bertz CT molecular complexity index is 1290. The van der Waals surface area contributed by atoms with Crippen molar-refractivity contribution in [2.45, 2.75) is 87.6 Å². The van der Waals surface area contributed by atoms with Gasteiger partial charge in [0.05, 0.1) is 17.6 Å². The molecule has 0 atom stereocenters. The molecule has 1 amide bonds. The van der Waals surface area contributed by atoms with E-state index in [1.165, 1.54) is 12.8 Å². The number of anilines is 1. The molecule has 1 N–H and O–H groups in total. The quantitative estimate of drug-likeness (QED) is 0.329. The van der Waals surface area contributed by atoms with Crippen LogP contribution in [0.15, 0.2) is 62.5 Å². The molecule has 0 bridgehead atoms. The second-order valence-corrected chi connectivity index (χ2v) is 12.8. The number of hydrogen-bond donors (Lipinski definition) is 1. The van der Waals surface area contributed by atoms with Gasteiger partial charge in [0.1, 0.15) is 5.58 Å². The first kappa shape index (κ1) is 25.5. The van der Waals surface area contributed by atoms with Crippen LogP contribution in [0.25, 0.3) is 11.0 Å². The number of halogens is 1. The number of furan rings is 1. The maximum absolute atomic E-state index is 13.9. The topological polar surface area (TPSA) is 79.6 Å². The minimum absolute atomic E-state index is 0.0936. The Morgan fingerprint density at radius 2 is 1.53 bits per heavy atom. The van der Waals surface area contributed by atoms with Crippen molar-refractivity contribution < 1.29 is 17.6 Å². The fourth-order valence-electron chi connectivity index (χ4n) is 5.76. The van der Waals surface area contributed by atoms with Crippen LogP contribution in [0.4, 0.5) is 5.69 Å². The highest BCUT2D eigenvalue weighted by Crippen LogP contribution is 2.35. The molecule has 0 unspecified atom stereocenters. The van der Waals surface area contributed by atoms with Crippen LogP contribution in [0.3, 0.4) is 0 Å². The zero-order valence-electron chi connectivity index (χ0n) is 20.4. The Morgan fingerprint density at radius 1 is 0.917 bits per heavy atom. The molecule has 2 saturated carbocycles. The van der Waals surface area contributed by atoms with E-state index < -0.39 is 10.0 Å². The van der Waals surface area contributed by atoms with Gasteiger partial charge in [-0.05, 0) is 68.1 Å². The first-order valence-electron chi connectivity index (χ1n) is 13.0. The summed E-state index contributed by atoms with van der Waals surface area (Å²) in [6, 6.07) is 12.5. The molecule has 1 aromatic heterocycles. The second kappa shape index (κ2) is 11.1. The van der Waals surface area contributed by atoms with E-state index in [1.54, 1.807) is 30.5 Å². The molecular formula is C28H33BrN2O4S. The second-order valence-electron chi connectivity index (χ2n) is 10.1. The summed E-state index contributed by atoms with van der Waals surface area (Å²) in [4.78, 5) is 13.0. The number of amides is 1. The number of carbonyl (C=O) groups is 1. The molecule has 3 aromatic rings. The lowest BCUT2D eigenvalue weighted by Gasteiger charge is -2.40. The van der Waals surface area contributed by atoms with E-state index in [1.807, 2.05) is 22.5 Å². The minimum atomic E-state index is -3.61. The van der Waals surface area contributed by atoms with Crippen LogP contribution < -0.4 is 5.32 Å². The van der Waals surface area contributed by atoms with Gasteiger partial charge in [0.25, 0.3) is 0 Å². The van der Waals surface area contributed by atoms with Crippen molar-refractivity contribution in [2.24, 2.45) is 0 Å². The first-order chi connectivity index (χ1) is 17.4. The zero-order chi connectivity index (χ0) is 25.1. The fourth-order valence-corrected chi connectivity index (χ4v) is 8.05. The van der Waals surface area contributed by atoms with Crippen molar-refractivity contribution in [3.05, 3.63) is 58.8 Å². The van der Waals surface area contributed by atoms with E-state index in [0.29, 0.717) is 10.6 Å². The maximum atomic E-state index is 13.9. The van der Waals surface area contributed by atoms with Gasteiger partial charge >= 0.3 is 0 Å². The molecule has 2 aromatic carbocycles. The van der Waals surface area contributed by atoms with Gasteiger partial charge in [0.2, 0.25) is 15.9 Å². The van der Waals surface area contributed by atoms with Crippen molar-refractivity contribution in [3.8, 4) is 0 Å². The normalized spacial score (nSPS) is 18.1. The van der Waals surface area contributed by atoms with E-state index in [4.69, 9.17) is 4.42 Å². The summed E-state index contributed by atoms with van der Waals surface area (Å²) in [5, 5.41) is 3.79. The van der Waals surface area contributed by atoms with Gasteiger partial charge in [-0.15, -0.1) is 0 Å². The van der Waals surface area contributed by atoms with Crippen molar-refractivity contribution in [1.82, 2.24) is 4.31 Å². The molecular weight excluding hydrogens is 540 g/mol. The van der Waals surface area contributed by atoms with Gasteiger partial charge in [-0.3, -0.25) is 4.79 Å². The van der Waals surface area contributed by atoms with Crippen LogP contribution in [0, 0.1) is 0 Å². The lowest BCUT2D eigenvalue weighted by molar-refractivity contribution is -0.115. The number of carbonyl (C=O) groups excluding carboxylic acids is 1. The number of nitrogens with one attached hydrogen (secondary N) is 1. The smallest absolute Gasteiger partial charge is 0.243 e. The number of hydrogen-bond acceptors (Lipinski definition) is 4. The Labute approximate surface area is 221 Å². The average Bonchev–Trinajstić information content (AvgIpc) is 3.27. The molecule has 0 saturated heterocycles. The highest BCUT2D eigenvalue weighted by atomic mass is 79.9.